The zero-order valence-corrected chi connectivity index (χ0v) is 9.31. The molecule has 78 valence electrons. The second kappa shape index (κ2) is 5.25. The molecule has 0 bridgehead atoms. The highest BCUT2D eigenvalue weighted by Crippen LogP contribution is 2.24. The van der Waals surface area contributed by atoms with E-state index in [1.54, 1.807) is 0 Å². The predicted octanol–water partition coefficient (Wildman–Crippen LogP) is 0.652. The standard InChI is InChI=1S/C7H16NO3PS/c9-13(10,11)6-5-12-7-3-1-2-4-8-7/h7-8,12H,1-6H2,(H,9,10,11). The fraction of sp³-hybridized carbons (Fsp3) is 1.00. The first kappa shape index (κ1) is 11.4. The topological polar surface area (TPSA) is 66.4 Å². The lowest BCUT2D eigenvalue weighted by molar-refractivity contribution is 0.483. The van der Waals surface area contributed by atoms with Crippen molar-refractivity contribution in [1.82, 2.24) is 5.32 Å². The Morgan fingerprint density at radius 3 is 2.77 bits per heavy atom. The second-order valence-electron chi connectivity index (χ2n) is 3.24. The summed E-state index contributed by atoms with van der Waals surface area (Å²) in [5.74, 6) is 0.388. The van der Waals surface area contributed by atoms with Gasteiger partial charge in [-0.3, -0.25) is 4.55 Å². The van der Waals surface area contributed by atoms with E-state index in [-0.39, 0.29) is 5.75 Å². The summed E-state index contributed by atoms with van der Waals surface area (Å²) in [5, 5.41) is 3.34. The van der Waals surface area contributed by atoms with Gasteiger partial charge >= 0.3 is 0 Å². The lowest BCUT2D eigenvalue weighted by atomic mass is 10.2. The molecule has 1 rings (SSSR count). The molecule has 1 heterocycles. The van der Waals surface area contributed by atoms with Crippen molar-refractivity contribution in [3.63, 3.8) is 0 Å². The smallest absolute Gasteiger partial charge is 0.265 e. The number of nitrogens with one attached hydrogen (secondary N) is 1. The van der Waals surface area contributed by atoms with E-state index in [0.717, 1.165) is 13.0 Å². The van der Waals surface area contributed by atoms with E-state index in [4.69, 9.17) is 4.55 Å². The van der Waals surface area contributed by atoms with Gasteiger partial charge in [0.25, 0.3) is 10.1 Å². The number of rotatable bonds is 4. The van der Waals surface area contributed by atoms with Crippen molar-refractivity contribution < 1.29 is 13.0 Å². The van der Waals surface area contributed by atoms with Crippen LogP contribution in [-0.2, 0) is 10.1 Å². The molecule has 0 radical (unpaired) electrons. The quantitative estimate of drug-likeness (QED) is 0.544. The molecule has 0 aromatic rings. The fourth-order valence-electron chi connectivity index (χ4n) is 1.39. The minimum Gasteiger partial charge on any atom is -0.310 e. The molecule has 4 nitrogen and oxygen atoms in total. The van der Waals surface area contributed by atoms with Crippen LogP contribution in [0.5, 0.6) is 0 Å². The van der Waals surface area contributed by atoms with Crippen molar-refractivity contribution in [3.05, 3.63) is 0 Å². The van der Waals surface area contributed by atoms with Gasteiger partial charge in [-0.2, -0.15) is 8.42 Å². The molecular weight excluding hydrogens is 209 g/mol. The molecule has 2 unspecified atom stereocenters. The van der Waals surface area contributed by atoms with Crippen molar-refractivity contribution >= 4 is 18.7 Å². The van der Waals surface area contributed by atoms with Gasteiger partial charge in [-0.25, -0.2) is 0 Å². The summed E-state index contributed by atoms with van der Waals surface area (Å²) in [7, 11) is -3.14. The van der Waals surface area contributed by atoms with E-state index < -0.39 is 10.1 Å². The Labute approximate surface area is 81.0 Å². The molecule has 1 aliphatic rings. The van der Waals surface area contributed by atoms with Gasteiger partial charge in [0.15, 0.2) is 0 Å². The Balaban J connectivity index is 2.11. The zero-order chi connectivity index (χ0) is 9.73. The molecule has 0 aliphatic carbocycles. The van der Waals surface area contributed by atoms with Gasteiger partial charge in [0.05, 0.1) is 5.75 Å². The molecule has 0 aromatic carbocycles. The number of piperidine rings is 1. The first-order valence-electron chi connectivity index (χ1n) is 4.50. The summed E-state index contributed by atoms with van der Waals surface area (Å²) in [6.07, 6.45) is 4.18. The predicted molar refractivity (Wildman–Crippen MR) is 55.2 cm³/mol. The summed E-state index contributed by atoms with van der Waals surface area (Å²) in [6, 6.07) is 0. The Bertz CT molecular complexity index is 236. The maximum atomic E-state index is 10.4. The normalized spacial score (nSPS) is 25.5. The maximum absolute atomic E-state index is 10.4. The van der Waals surface area contributed by atoms with Crippen LogP contribution >= 0.6 is 8.58 Å². The molecule has 0 aromatic heterocycles. The lowest BCUT2D eigenvalue weighted by Crippen LogP contribution is -2.30. The summed E-state index contributed by atoms with van der Waals surface area (Å²) < 4.78 is 29.3. The maximum Gasteiger partial charge on any atom is 0.265 e. The van der Waals surface area contributed by atoms with Crippen molar-refractivity contribution in [2.45, 2.75) is 25.0 Å². The van der Waals surface area contributed by atoms with Crippen LogP contribution in [0.2, 0.25) is 0 Å². The van der Waals surface area contributed by atoms with Gasteiger partial charge in [0, 0.05) is 5.78 Å². The van der Waals surface area contributed by atoms with Crippen LogP contribution in [0.3, 0.4) is 0 Å². The van der Waals surface area contributed by atoms with Gasteiger partial charge in [0.2, 0.25) is 0 Å². The first-order chi connectivity index (χ1) is 6.08. The monoisotopic (exact) mass is 225 g/mol. The van der Waals surface area contributed by atoms with Gasteiger partial charge in [-0.15, -0.1) is 8.58 Å². The Kier molecular flexibility index (Phi) is 4.59. The van der Waals surface area contributed by atoms with Gasteiger partial charge in [0.1, 0.15) is 0 Å². The summed E-state index contributed by atoms with van der Waals surface area (Å²) in [5.41, 5.74) is 0. The van der Waals surface area contributed by atoms with E-state index in [0.29, 0.717) is 20.5 Å². The molecule has 0 amide bonds. The van der Waals surface area contributed by atoms with E-state index in [1.807, 2.05) is 0 Å². The zero-order valence-electron chi connectivity index (χ0n) is 7.49. The Morgan fingerprint density at radius 1 is 1.46 bits per heavy atom. The third-order valence-corrected chi connectivity index (χ3v) is 4.67. The summed E-state index contributed by atoms with van der Waals surface area (Å²) in [4.78, 5) is 0. The molecule has 1 fully saturated rings. The van der Waals surface area contributed by atoms with Crippen LogP contribution in [0.25, 0.3) is 0 Å². The number of hydrogen-bond donors (Lipinski definition) is 2. The van der Waals surface area contributed by atoms with E-state index in [2.05, 4.69) is 5.32 Å². The molecular formula is C7H16NO3PS. The molecule has 2 N–H and O–H groups in total. The minimum atomic E-state index is -3.75. The average Bonchev–Trinajstić information content (AvgIpc) is 2.04. The largest absolute Gasteiger partial charge is 0.310 e. The second-order valence-corrected chi connectivity index (χ2v) is 6.42. The third-order valence-electron chi connectivity index (χ3n) is 2.06. The molecule has 0 saturated carbocycles. The third kappa shape index (κ3) is 5.57. The molecule has 13 heavy (non-hydrogen) atoms. The first-order valence-corrected chi connectivity index (χ1v) is 7.39. The molecule has 0 spiro atoms. The molecule has 2 atom stereocenters. The van der Waals surface area contributed by atoms with Gasteiger partial charge < -0.3 is 5.32 Å². The highest BCUT2D eigenvalue weighted by molar-refractivity contribution is 7.86. The Hall–Kier alpha value is 0.300. The van der Waals surface area contributed by atoms with Crippen molar-refractivity contribution in [3.8, 4) is 0 Å². The number of hydrogen-bond acceptors (Lipinski definition) is 3. The fourth-order valence-corrected chi connectivity index (χ4v) is 3.94. The highest BCUT2D eigenvalue weighted by atomic mass is 32.2. The van der Waals surface area contributed by atoms with Crippen LogP contribution in [0.15, 0.2) is 0 Å². The van der Waals surface area contributed by atoms with Crippen molar-refractivity contribution in [2.24, 2.45) is 0 Å². The van der Waals surface area contributed by atoms with E-state index >= 15 is 0 Å². The summed E-state index contributed by atoms with van der Waals surface area (Å²) in [6.45, 7) is 1.05. The molecule has 6 heteroatoms. The SMILES string of the molecule is O=S(=O)(O)CCPC1CCCCN1. The average molecular weight is 225 g/mol. The van der Waals surface area contributed by atoms with Crippen LogP contribution < -0.4 is 5.32 Å². The van der Waals surface area contributed by atoms with Crippen LogP contribution in [0, 0.1) is 0 Å². The van der Waals surface area contributed by atoms with Crippen LogP contribution in [0.1, 0.15) is 19.3 Å². The Morgan fingerprint density at radius 2 is 2.23 bits per heavy atom. The van der Waals surface area contributed by atoms with Crippen LogP contribution in [-0.4, -0.2) is 37.2 Å². The molecule has 1 aliphatic heterocycles. The summed E-state index contributed by atoms with van der Waals surface area (Å²) >= 11 is 0. The minimum absolute atomic E-state index is 0.0936. The van der Waals surface area contributed by atoms with Crippen molar-refractivity contribution in [1.29, 1.82) is 0 Å². The highest BCUT2D eigenvalue weighted by Gasteiger charge is 2.13. The molecule has 1 saturated heterocycles. The van der Waals surface area contributed by atoms with Crippen LogP contribution in [0.4, 0.5) is 0 Å². The van der Waals surface area contributed by atoms with Crippen molar-refractivity contribution in [2.75, 3.05) is 18.5 Å². The van der Waals surface area contributed by atoms with Gasteiger partial charge in [-0.05, 0) is 25.5 Å². The lowest BCUT2D eigenvalue weighted by Gasteiger charge is -2.22. The van der Waals surface area contributed by atoms with Gasteiger partial charge in [-0.1, -0.05) is 6.42 Å². The van der Waals surface area contributed by atoms with E-state index in [9.17, 15) is 8.42 Å². The van der Waals surface area contributed by atoms with E-state index in [1.165, 1.54) is 12.8 Å².